The molecular formula is C8H13BrO2. The van der Waals surface area contributed by atoms with Gasteiger partial charge in [0.25, 0.3) is 0 Å². The van der Waals surface area contributed by atoms with Crippen LogP contribution in [0.25, 0.3) is 0 Å². The van der Waals surface area contributed by atoms with Gasteiger partial charge < -0.3 is 4.74 Å². The SMILES string of the molecule is O=C(OCCCBr)C1CCC1. The van der Waals surface area contributed by atoms with Crippen LogP contribution in [0.3, 0.4) is 0 Å². The second kappa shape index (κ2) is 4.75. The maximum atomic E-state index is 11.1. The summed E-state index contributed by atoms with van der Waals surface area (Å²) >= 11 is 3.28. The average Bonchev–Trinajstić information content (AvgIpc) is 1.84. The Kier molecular flexibility index (Phi) is 3.91. The number of carbonyl (C=O) groups excluding carboxylic acids is 1. The monoisotopic (exact) mass is 220 g/mol. The van der Waals surface area contributed by atoms with E-state index in [9.17, 15) is 4.79 Å². The molecule has 0 aliphatic heterocycles. The molecule has 0 aromatic heterocycles. The predicted molar refractivity (Wildman–Crippen MR) is 46.7 cm³/mol. The van der Waals surface area contributed by atoms with E-state index >= 15 is 0 Å². The van der Waals surface area contributed by atoms with E-state index in [1.165, 1.54) is 6.42 Å². The molecule has 0 aromatic rings. The lowest BCUT2D eigenvalue weighted by molar-refractivity contribution is -0.151. The first-order valence-corrected chi connectivity index (χ1v) is 5.19. The van der Waals surface area contributed by atoms with Crippen molar-refractivity contribution in [2.75, 3.05) is 11.9 Å². The lowest BCUT2D eigenvalue weighted by Gasteiger charge is -2.22. The third-order valence-electron chi connectivity index (χ3n) is 1.96. The lowest BCUT2D eigenvalue weighted by Crippen LogP contribution is -2.24. The summed E-state index contributed by atoms with van der Waals surface area (Å²) in [5, 5.41) is 0.908. The highest BCUT2D eigenvalue weighted by atomic mass is 79.9. The van der Waals surface area contributed by atoms with E-state index in [4.69, 9.17) is 4.74 Å². The molecule has 0 saturated heterocycles. The molecule has 0 bridgehead atoms. The summed E-state index contributed by atoms with van der Waals surface area (Å²) in [5.41, 5.74) is 0. The van der Waals surface area contributed by atoms with E-state index in [1.807, 2.05) is 0 Å². The maximum Gasteiger partial charge on any atom is 0.308 e. The predicted octanol–water partition coefficient (Wildman–Crippen LogP) is 2.11. The van der Waals surface area contributed by atoms with Gasteiger partial charge >= 0.3 is 5.97 Å². The molecule has 0 radical (unpaired) electrons. The summed E-state index contributed by atoms with van der Waals surface area (Å²) < 4.78 is 5.02. The Morgan fingerprint density at radius 2 is 2.27 bits per heavy atom. The molecule has 0 atom stereocenters. The first-order valence-electron chi connectivity index (χ1n) is 4.07. The van der Waals surface area contributed by atoms with Crippen LogP contribution in [0.2, 0.25) is 0 Å². The van der Waals surface area contributed by atoms with Crippen LogP contribution in [0, 0.1) is 5.92 Å². The Hall–Kier alpha value is -0.0500. The van der Waals surface area contributed by atoms with Gasteiger partial charge in [-0.05, 0) is 19.3 Å². The number of hydrogen-bond donors (Lipinski definition) is 0. The molecule has 64 valence electrons. The van der Waals surface area contributed by atoms with E-state index in [0.717, 1.165) is 24.6 Å². The highest BCUT2D eigenvalue weighted by molar-refractivity contribution is 9.09. The van der Waals surface area contributed by atoms with E-state index < -0.39 is 0 Å². The Bertz CT molecular complexity index is 132. The lowest BCUT2D eigenvalue weighted by atomic mass is 9.86. The highest BCUT2D eigenvalue weighted by Crippen LogP contribution is 2.27. The molecule has 0 heterocycles. The molecule has 11 heavy (non-hydrogen) atoms. The minimum atomic E-state index is 0.0113. The van der Waals surface area contributed by atoms with Crippen molar-refractivity contribution in [1.82, 2.24) is 0 Å². The Labute approximate surface area is 75.4 Å². The standard InChI is InChI=1S/C8H13BrO2/c9-5-2-6-11-8(10)7-3-1-4-7/h7H,1-6H2. The Morgan fingerprint density at radius 3 is 2.73 bits per heavy atom. The van der Waals surface area contributed by atoms with Gasteiger partial charge in [0.2, 0.25) is 0 Å². The molecule has 1 aliphatic rings. The number of alkyl halides is 1. The molecule has 0 spiro atoms. The second-order valence-electron chi connectivity index (χ2n) is 2.84. The zero-order chi connectivity index (χ0) is 8.10. The van der Waals surface area contributed by atoms with Gasteiger partial charge in [-0.3, -0.25) is 4.79 Å². The Morgan fingerprint density at radius 1 is 1.55 bits per heavy atom. The fraction of sp³-hybridized carbons (Fsp3) is 0.875. The smallest absolute Gasteiger partial charge is 0.308 e. The molecule has 1 rings (SSSR count). The fourth-order valence-corrected chi connectivity index (χ4v) is 1.22. The van der Waals surface area contributed by atoms with Crippen molar-refractivity contribution in [3.05, 3.63) is 0 Å². The van der Waals surface area contributed by atoms with E-state index in [0.29, 0.717) is 6.61 Å². The largest absolute Gasteiger partial charge is 0.465 e. The Balaban J connectivity index is 2.01. The van der Waals surface area contributed by atoms with Crippen molar-refractivity contribution >= 4 is 21.9 Å². The van der Waals surface area contributed by atoms with Crippen molar-refractivity contribution < 1.29 is 9.53 Å². The summed E-state index contributed by atoms with van der Waals surface area (Å²) in [4.78, 5) is 11.1. The minimum absolute atomic E-state index is 0.0113. The summed E-state index contributed by atoms with van der Waals surface area (Å²) in [7, 11) is 0. The molecule has 2 nitrogen and oxygen atoms in total. The quantitative estimate of drug-likeness (QED) is 0.413. The molecule has 1 fully saturated rings. The van der Waals surface area contributed by atoms with Gasteiger partial charge in [-0.2, -0.15) is 0 Å². The van der Waals surface area contributed by atoms with Crippen LogP contribution < -0.4 is 0 Å². The van der Waals surface area contributed by atoms with Gasteiger partial charge in [0.1, 0.15) is 0 Å². The fourth-order valence-electron chi connectivity index (χ4n) is 0.989. The first-order chi connectivity index (χ1) is 5.34. The van der Waals surface area contributed by atoms with Crippen LogP contribution in [-0.4, -0.2) is 17.9 Å². The van der Waals surface area contributed by atoms with Crippen LogP contribution in [0.4, 0.5) is 0 Å². The van der Waals surface area contributed by atoms with E-state index in [1.54, 1.807) is 0 Å². The number of rotatable bonds is 4. The van der Waals surface area contributed by atoms with Gasteiger partial charge in [0.15, 0.2) is 0 Å². The van der Waals surface area contributed by atoms with Crippen molar-refractivity contribution in [2.45, 2.75) is 25.7 Å². The number of hydrogen-bond acceptors (Lipinski definition) is 2. The third kappa shape index (κ3) is 2.81. The van der Waals surface area contributed by atoms with E-state index in [-0.39, 0.29) is 11.9 Å². The molecule has 1 saturated carbocycles. The zero-order valence-corrected chi connectivity index (χ0v) is 8.10. The summed E-state index contributed by atoms with van der Waals surface area (Å²) in [5.74, 6) is 0.238. The molecule has 0 amide bonds. The van der Waals surface area contributed by atoms with Crippen LogP contribution in [0.5, 0.6) is 0 Å². The molecule has 0 aromatic carbocycles. The van der Waals surface area contributed by atoms with Crippen LogP contribution >= 0.6 is 15.9 Å². The van der Waals surface area contributed by atoms with Gasteiger partial charge in [-0.1, -0.05) is 22.4 Å². The average molecular weight is 221 g/mol. The van der Waals surface area contributed by atoms with Gasteiger partial charge in [0.05, 0.1) is 12.5 Å². The van der Waals surface area contributed by atoms with Crippen LogP contribution in [-0.2, 0) is 9.53 Å². The molecular weight excluding hydrogens is 208 g/mol. The zero-order valence-electron chi connectivity index (χ0n) is 6.51. The molecule has 0 N–H and O–H groups in total. The minimum Gasteiger partial charge on any atom is -0.465 e. The van der Waals surface area contributed by atoms with Crippen LogP contribution in [0.1, 0.15) is 25.7 Å². The molecule has 0 unspecified atom stereocenters. The number of ether oxygens (including phenoxy) is 1. The normalized spacial score (nSPS) is 17.5. The number of carbonyl (C=O) groups is 1. The highest BCUT2D eigenvalue weighted by Gasteiger charge is 2.26. The van der Waals surface area contributed by atoms with Crippen molar-refractivity contribution in [3.8, 4) is 0 Å². The van der Waals surface area contributed by atoms with Crippen molar-refractivity contribution in [2.24, 2.45) is 5.92 Å². The van der Waals surface area contributed by atoms with Crippen molar-refractivity contribution in [3.63, 3.8) is 0 Å². The topological polar surface area (TPSA) is 26.3 Å². The second-order valence-corrected chi connectivity index (χ2v) is 3.63. The van der Waals surface area contributed by atoms with Gasteiger partial charge in [-0.25, -0.2) is 0 Å². The maximum absolute atomic E-state index is 11.1. The third-order valence-corrected chi connectivity index (χ3v) is 2.52. The summed E-state index contributed by atoms with van der Waals surface area (Å²) in [6, 6.07) is 0. The number of halogens is 1. The molecule has 1 aliphatic carbocycles. The number of esters is 1. The van der Waals surface area contributed by atoms with E-state index in [2.05, 4.69) is 15.9 Å². The summed E-state index contributed by atoms with van der Waals surface area (Å²) in [6.07, 6.45) is 4.18. The van der Waals surface area contributed by atoms with Gasteiger partial charge in [0, 0.05) is 5.33 Å². The van der Waals surface area contributed by atoms with Crippen molar-refractivity contribution in [1.29, 1.82) is 0 Å². The summed E-state index contributed by atoms with van der Waals surface area (Å²) in [6.45, 7) is 0.570. The van der Waals surface area contributed by atoms with Crippen LogP contribution in [0.15, 0.2) is 0 Å². The molecule has 3 heteroatoms. The first kappa shape index (κ1) is 9.04. The van der Waals surface area contributed by atoms with Gasteiger partial charge in [-0.15, -0.1) is 0 Å².